The summed E-state index contributed by atoms with van der Waals surface area (Å²) in [6, 6.07) is 40.0. The highest BCUT2D eigenvalue weighted by atomic mass is 32.2. The van der Waals surface area contributed by atoms with Crippen LogP contribution in [0.4, 0.5) is 0 Å². The van der Waals surface area contributed by atoms with E-state index in [1.807, 2.05) is 84.9 Å². The summed E-state index contributed by atoms with van der Waals surface area (Å²) < 4.78 is -0.678. The van der Waals surface area contributed by atoms with Crippen LogP contribution in [-0.4, -0.2) is 11.1 Å². The fourth-order valence-corrected chi connectivity index (χ4v) is 5.35. The van der Waals surface area contributed by atoms with Gasteiger partial charge in [0.05, 0.1) is 4.75 Å². The molecule has 1 atom stereocenters. The molecule has 0 spiro atoms. The van der Waals surface area contributed by atoms with E-state index in [0.29, 0.717) is 0 Å². The summed E-state index contributed by atoms with van der Waals surface area (Å²) in [5.41, 5.74) is 3.93. The van der Waals surface area contributed by atoms with Gasteiger partial charge in [0.15, 0.2) is 0 Å². The van der Waals surface area contributed by atoms with Crippen molar-refractivity contribution in [2.45, 2.75) is 10.00 Å². The van der Waals surface area contributed by atoms with Crippen molar-refractivity contribution in [3.8, 4) is 0 Å². The molecule has 3 heteroatoms. The van der Waals surface area contributed by atoms with E-state index in [2.05, 4.69) is 36.4 Å². The van der Waals surface area contributed by atoms with E-state index in [-0.39, 0.29) is 0 Å². The molecule has 1 N–H and O–H groups in total. The SMILES string of the molecule is O=C(O)C(SC(c1ccccc1)(c1ccccc1)c1ccccc1)c1ccccc1. The largest absolute Gasteiger partial charge is 0.480 e. The topological polar surface area (TPSA) is 37.3 Å². The van der Waals surface area contributed by atoms with Crippen LogP contribution in [-0.2, 0) is 9.54 Å². The summed E-state index contributed by atoms with van der Waals surface area (Å²) >= 11 is 1.46. The number of carboxylic acids is 1. The van der Waals surface area contributed by atoms with Crippen molar-refractivity contribution in [1.82, 2.24) is 0 Å². The first kappa shape index (κ1) is 20.0. The normalized spacial score (nSPS) is 12.3. The van der Waals surface area contributed by atoms with Crippen molar-refractivity contribution in [2.24, 2.45) is 0 Å². The van der Waals surface area contributed by atoms with E-state index in [4.69, 9.17) is 0 Å². The zero-order valence-electron chi connectivity index (χ0n) is 16.4. The molecule has 1 unspecified atom stereocenters. The average molecular weight is 411 g/mol. The molecule has 0 aliphatic carbocycles. The van der Waals surface area contributed by atoms with E-state index >= 15 is 0 Å². The number of carbonyl (C=O) groups is 1. The van der Waals surface area contributed by atoms with E-state index in [1.165, 1.54) is 11.8 Å². The predicted molar refractivity (Wildman–Crippen MR) is 124 cm³/mol. The molecule has 0 aliphatic rings. The first-order valence-corrected chi connectivity index (χ1v) is 10.7. The minimum atomic E-state index is -0.849. The number of aliphatic carboxylic acids is 1. The van der Waals surface area contributed by atoms with E-state index in [9.17, 15) is 9.90 Å². The van der Waals surface area contributed by atoms with Gasteiger partial charge in [-0.15, -0.1) is 11.8 Å². The molecule has 0 aromatic heterocycles. The Morgan fingerprint density at radius 3 is 1.27 bits per heavy atom. The van der Waals surface area contributed by atoms with Crippen molar-refractivity contribution in [1.29, 1.82) is 0 Å². The smallest absolute Gasteiger partial charge is 0.321 e. The molecule has 0 heterocycles. The third-order valence-electron chi connectivity index (χ3n) is 5.16. The zero-order chi connectivity index (χ0) is 20.8. The van der Waals surface area contributed by atoms with Gasteiger partial charge in [-0.1, -0.05) is 121 Å². The molecule has 30 heavy (non-hydrogen) atoms. The zero-order valence-corrected chi connectivity index (χ0v) is 17.2. The summed E-state index contributed by atoms with van der Waals surface area (Å²) in [6.07, 6.45) is 0. The monoisotopic (exact) mass is 410 g/mol. The lowest BCUT2D eigenvalue weighted by Crippen LogP contribution is -2.28. The second kappa shape index (κ2) is 9.02. The average Bonchev–Trinajstić information content (AvgIpc) is 2.82. The number of hydrogen-bond donors (Lipinski definition) is 1. The highest BCUT2D eigenvalue weighted by Gasteiger charge is 2.41. The van der Waals surface area contributed by atoms with Crippen LogP contribution >= 0.6 is 11.8 Å². The Hall–Kier alpha value is -3.30. The summed E-state index contributed by atoms with van der Waals surface area (Å²) in [5, 5.41) is 9.48. The van der Waals surface area contributed by atoms with Gasteiger partial charge in [0.2, 0.25) is 0 Å². The molecule has 2 nitrogen and oxygen atoms in total. The van der Waals surface area contributed by atoms with Gasteiger partial charge < -0.3 is 5.11 Å². The van der Waals surface area contributed by atoms with Crippen molar-refractivity contribution in [3.63, 3.8) is 0 Å². The fraction of sp³-hybridized carbons (Fsp3) is 0.0741. The van der Waals surface area contributed by atoms with Gasteiger partial charge in [-0.2, -0.15) is 0 Å². The number of thioether (sulfide) groups is 1. The van der Waals surface area contributed by atoms with Crippen LogP contribution in [0.5, 0.6) is 0 Å². The van der Waals surface area contributed by atoms with Crippen molar-refractivity contribution >= 4 is 17.7 Å². The van der Waals surface area contributed by atoms with Crippen LogP contribution in [0.25, 0.3) is 0 Å². The van der Waals surface area contributed by atoms with Crippen LogP contribution in [0, 0.1) is 0 Å². The number of carboxylic acid groups (broad SMARTS) is 1. The molecule has 0 bridgehead atoms. The Morgan fingerprint density at radius 2 is 0.933 bits per heavy atom. The maximum atomic E-state index is 12.5. The molecule has 4 rings (SSSR count). The maximum absolute atomic E-state index is 12.5. The molecule has 0 amide bonds. The van der Waals surface area contributed by atoms with E-state index in [1.54, 1.807) is 0 Å². The molecule has 4 aromatic rings. The Bertz CT molecular complexity index is 984. The highest BCUT2D eigenvalue weighted by Crippen LogP contribution is 2.53. The number of hydrogen-bond acceptors (Lipinski definition) is 2. The summed E-state index contributed by atoms with van der Waals surface area (Å²) in [7, 11) is 0. The van der Waals surface area contributed by atoms with Gasteiger partial charge >= 0.3 is 5.97 Å². The summed E-state index contributed by atoms with van der Waals surface area (Å²) in [6.45, 7) is 0. The van der Waals surface area contributed by atoms with Crippen LogP contribution in [0.1, 0.15) is 27.5 Å². The maximum Gasteiger partial charge on any atom is 0.321 e. The van der Waals surface area contributed by atoms with Crippen LogP contribution in [0.3, 0.4) is 0 Å². The molecule has 148 valence electrons. The molecular weight excluding hydrogens is 388 g/mol. The standard InChI is InChI=1S/C27H22O2S/c28-26(29)25(21-13-5-1-6-14-21)30-27(22-15-7-2-8-16-22,23-17-9-3-10-18-23)24-19-11-4-12-20-24/h1-20,25H,(H,28,29). The van der Waals surface area contributed by atoms with Crippen molar-refractivity contribution in [2.75, 3.05) is 0 Å². The molecule has 0 saturated carbocycles. The Kier molecular flexibility index (Phi) is 6.01. The lowest BCUT2D eigenvalue weighted by Gasteiger charge is -2.37. The molecule has 4 aromatic carbocycles. The highest BCUT2D eigenvalue weighted by molar-refractivity contribution is 8.01. The predicted octanol–water partition coefficient (Wildman–Crippen LogP) is 6.54. The first-order chi connectivity index (χ1) is 14.7. The van der Waals surface area contributed by atoms with Gasteiger partial charge in [-0.3, -0.25) is 4.79 Å². The molecular formula is C27H22O2S. The van der Waals surface area contributed by atoms with Gasteiger partial charge in [0.1, 0.15) is 5.25 Å². The van der Waals surface area contributed by atoms with Crippen molar-refractivity contribution in [3.05, 3.63) is 144 Å². The lowest BCUT2D eigenvalue weighted by atomic mass is 9.84. The molecule has 0 saturated heterocycles. The van der Waals surface area contributed by atoms with Crippen LogP contribution in [0.15, 0.2) is 121 Å². The van der Waals surface area contributed by atoms with E-state index < -0.39 is 16.0 Å². The van der Waals surface area contributed by atoms with Gasteiger partial charge in [0, 0.05) is 0 Å². The van der Waals surface area contributed by atoms with E-state index in [0.717, 1.165) is 22.3 Å². The summed E-state index contributed by atoms with van der Waals surface area (Å²) in [4.78, 5) is 12.5. The third kappa shape index (κ3) is 3.89. The Labute approximate surface area is 181 Å². The van der Waals surface area contributed by atoms with Crippen LogP contribution < -0.4 is 0 Å². The molecule has 0 radical (unpaired) electrons. The van der Waals surface area contributed by atoms with Gasteiger partial charge in [-0.25, -0.2) is 0 Å². The second-order valence-corrected chi connectivity index (χ2v) is 8.35. The number of benzene rings is 4. The number of rotatable bonds is 7. The lowest BCUT2D eigenvalue weighted by molar-refractivity contribution is -0.136. The van der Waals surface area contributed by atoms with Crippen molar-refractivity contribution < 1.29 is 9.90 Å². The Morgan fingerprint density at radius 1 is 0.600 bits per heavy atom. The quantitative estimate of drug-likeness (QED) is 0.352. The minimum Gasteiger partial charge on any atom is -0.480 e. The molecule has 0 fully saturated rings. The minimum absolute atomic E-state index is 0.678. The molecule has 0 aliphatic heterocycles. The Balaban J connectivity index is 1.98. The third-order valence-corrected chi connectivity index (χ3v) is 6.93. The first-order valence-electron chi connectivity index (χ1n) is 9.84. The second-order valence-electron chi connectivity index (χ2n) is 7.03. The fourth-order valence-electron chi connectivity index (χ4n) is 3.79. The summed E-state index contributed by atoms with van der Waals surface area (Å²) in [5.74, 6) is -0.849. The van der Waals surface area contributed by atoms with Gasteiger partial charge in [-0.05, 0) is 22.3 Å². The van der Waals surface area contributed by atoms with Gasteiger partial charge in [0.25, 0.3) is 0 Å². The van der Waals surface area contributed by atoms with Crippen LogP contribution in [0.2, 0.25) is 0 Å².